The van der Waals surface area contributed by atoms with Crippen LogP contribution in [0.3, 0.4) is 0 Å². The van der Waals surface area contributed by atoms with E-state index in [1.807, 2.05) is 11.0 Å². The number of benzene rings is 1. The van der Waals surface area contributed by atoms with E-state index >= 15 is 0 Å². The van der Waals surface area contributed by atoms with E-state index in [2.05, 4.69) is 41.5 Å². The molecule has 0 unspecified atom stereocenters. The first-order chi connectivity index (χ1) is 13.5. The minimum Gasteiger partial charge on any atom is -0.469 e. The average molecular weight is 421 g/mol. The number of aryl methyl sites for hydroxylation is 2. The van der Waals surface area contributed by atoms with Crippen LogP contribution < -0.4 is 5.32 Å². The van der Waals surface area contributed by atoms with Crippen LogP contribution in [-0.2, 0) is 14.3 Å². The number of ether oxygens (including phenoxy) is 1. The number of methoxy groups -OCH3 is 1. The number of likely N-dealkylation sites (tertiary alicyclic amines) is 1. The summed E-state index contributed by atoms with van der Waals surface area (Å²) in [6, 6.07) is 6.15. The van der Waals surface area contributed by atoms with Crippen molar-refractivity contribution >= 4 is 45.8 Å². The molecule has 1 aromatic heterocycles. The number of hydrogen-bond donors (Lipinski definition) is 1. The number of amides is 1. The third kappa shape index (κ3) is 5.23. The van der Waals surface area contributed by atoms with Crippen LogP contribution >= 0.6 is 23.1 Å². The monoisotopic (exact) mass is 420 g/mol. The van der Waals surface area contributed by atoms with Gasteiger partial charge in [-0.1, -0.05) is 29.2 Å². The first-order valence-corrected chi connectivity index (χ1v) is 10.9. The van der Waals surface area contributed by atoms with E-state index in [0.29, 0.717) is 36.8 Å². The fraction of sp³-hybridized carbons (Fsp3) is 0.474. The van der Waals surface area contributed by atoms with Gasteiger partial charge in [0.05, 0.1) is 18.8 Å². The number of nitrogens with one attached hydrogen (secondary N) is 1. The lowest BCUT2D eigenvalue weighted by atomic mass is 9.97. The van der Waals surface area contributed by atoms with E-state index in [4.69, 9.17) is 4.74 Å². The number of carbonyl (C=O) groups is 2. The number of piperidine rings is 1. The van der Waals surface area contributed by atoms with Gasteiger partial charge >= 0.3 is 5.97 Å². The summed E-state index contributed by atoms with van der Waals surface area (Å²) >= 11 is 2.82. The number of hydrogen-bond acceptors (Lipinski definition) is 8. The Morgan fingerprint density at radius 1 is 1.25 bits per heavy atom. The van der Waals surface area contributed by atoms with E-state index in [-0.39, 0.29) is 17.8 Å². The molecule has 7 nitrogen and oxygen atoms in total. The predicted octanol–water partition coefficient (Wildman–Crippen LogP) is 3.40. The molecule has 1 aliphatic rings. The summed E-state index contributed by atoms with van der Waals surface area (Å²) in [6.45, 7) is 5.33. The Kier molecular flexibility index (Phi) is 6.90. The van der Waals surface area contributed by atoms with Crippen LogP contribution in [0.4, 0.5) is 10.8 Å². The van der Waals surface area contributed by atoms with Gasteiger partial charge in [0.15, 0.2) is 4.34 Å². The van der Waals surface area contributed by atoms with Crippen molar-refractivity contribution in [1.82, 2.24) is 15.1 Å². The van der Waals surface area contributed by atoms with Crippen LogP contribution in [0, 0.1) is 19.8 Å². The van der Waals surface area contributed by atoms with Crippen LogP contribution in [0.15, 0.2) is 22.5 Å². The molecule has 0 aliphatic carbocycles. The van der Waals surface area contributed by atoms with Gasteiger partial charge < -0.3 is 15.0 Å². The summed E-state index contributed by atoms with van der Waals surface area (Å²) in [5.74, 6) is 0.108. The summed E-state index contributed by atoms with van der Waals surface area (Å²) in [4.78, 5) is 25.8. The molecule has 0 bridgehead atoms. The Morgan fingerprint density at radius 2 is 2.00 bits per heavy atom. The molecule has 2 heterocycles. The van der Waals surface area contributed by atoms with Gasteiger partial charge in [-0.3, -0.25) is 9.59 Å². The van der Waals surface area contributed by atoms with E-state index in [9.17, 15) is 9.59 Å². The Labute approximate surface area is 172 Å². The van der Waals surface area contributed by atoms with Crippen molar-refractivity contribution in [2.24, 2.45) is 5.92 Å². The summed E-state index contributed by atoms with van der Waals surface area (Å²) in [5, 5.41) is 12.3. The third-order valence-corrected chi connectivity index (χ3v) is 6.82. The number of aromatic nitrogens is 2. The molecule has 1 fully saturated rings. The fourth-order valence-corrected chi connectivity index (χ4v) is 4.68. The van der Waals surface area contributed by atoms with Gasteiger partial charge in [0.2, 0.25) is 11.0 Å². The van der Waals surface area contributed by atoms with Crippen molar-refractivity contribution in [3.8, 4) is 0 Å². The summed E-state index contributed by atoms with van der Waals surface area (Å²) in [7, 11) is 1.40. The maximum Gasteiger partial charge on any atom is 0.308 e. The van der Waals surface area contributed by atoms with Gasteiger partial charge in [-0.15, -0.1) is 10.2 Å². The van der Waals surface area contributed by atoms with Crippen molar-refractivity contribution in [1.29, 1.82) is 0 Å². The SMILES string of the molecule is COC(=O)C1CCN(C(=O)CSc2nnc(Nc3ccc(C)c(C)c3)s2)CC1. The minimum atomic E-state index is -0.181. The van der Waals surface area contributed by atoms with Crippen LogP contribution in [0.1, 0.15) is 24.0 Å². The molecule has 1 amide bonds. The van der Waals surface area contributed by atoms with Crippen LogP contribution in [0.5, 0.6) is 0 Å². The molecule has 2 aromatic rings. The second-order valence-corrected chi connectivity index (χ2v) is 8.96. The second-order valence-electron chi connectivity index (χ2n) is 6.76. The number of thioether (sulfide) groups is 1. The standard InChI is InChI=1S/C19H24N4O3S2/c1-12-4-5-15(10-13(12)2)20-18-21-22-19(28-18)27-11-16(24)23-8-6-14(7-9-23)17(25)26-3/h4-5,10,14H,6-9,11H2,1-3H3,(H,20,21). The second kappa shape index (κ2) is 9.38. The number of anilines is 2. The molecule has 1 saturated heterocycles. The van der Waals surface area contributed by atoms with Crippen molar-refractivity contribution in [3.63, 3.8) is 0 Å². The molecular weight excluding hydrogens is 396 g/mol. The molecule has 0 saturated carbocycles. The van der Waals surface area contributed by atoms with Gasteiger partial charge in [-0.25, -0.2) is 0 Å². The largest absolute Gasteiger partial charge is 0.469 e. The Balaban J connectivity index is 1.47. The molecule has 0 radical (unpaired) electrons. The van der Waals surface area contributed by atoms with Crippen molar-refractivity contribution in [2.75, 3.05) is 31.3 Å². The molecule has 3 rings (SSSR count). The van der Waals surface area contributed by atoms with Gasteiger partial charge in [0, 0.05) is 18.8 Å². The van der Waals surface area contributed by atoms with Crippen molar-refractivity contribution in [2.45, 2.75) is 31.0 Å². The number of esters is 1. The Hall–Kier alpha value is -2.13. The van der Waals surface area contributed by atoms with E-state index < -0.39 is 0 Å². The quantitative estimate of drug-likeness (QED) is 0.566. The van der Waals surface area contributed by atoms with E-state index in [1.54, 1.807) is 0 Å². The van der Waals surface area contributed by atoms with E-state index in [1.165, 1.54) is 41.3 Å². The lowest BCUT2D eigenvalue weighted by molar-refractivity contribution is -0.148. The normalized spacial score (nSPS) is 14.8. The lowest BCUT2D eigenvalue weighted by Gasteiger charge is -2.30. The predicted molar refractivity (Wildman–Crippen MR) is 111 cm³/mol. The Bertz CT molecular complexity index is 847. The highest BCUT2D eigenvalue weighted by atomic mass is 32.2. The first kappa shape index (κ1) is 20.6. The van der Waals surface area contributed by atoms with Gasteiger partial charge in [-0.05, 0) is 49.9 Å². The molecule has 1 aromatic carbocycles. The molecular formula is C19H24N4O3S2. The van der Waals surface area contributed by atoms with Gasteiger partial charge in [-0.2, -0.15) is 0 Å². The highest BCUT2D eigenvalue weighted by molar-refractivity contribution is 8.01. The lowest BCUT2D eigenvalue weighted by Crippen LogP contribution is -2.41. The van der Waals surface area contributed by atoms with Crippen molar-refractivity contribution in [3.05, 3.63) is 29.3 Å². The molecule has 0 atom stereocenters. The highest BCUT2D eigenvalue weighted by Gasteiger charge is 2.27. The topological polar surface area (TPSA) is 84.4 Å². The summed E-state index contributed by atoms with van der Waals surface area (Å²) in [6.07, 6.45) is 1.32. The first-order valence-electron chi connectivity index (χ1n) is 9.12. The average Bonchev–Trinajstić information content (AvgIpc) is 3.15. The molecule has 0 spiro atoms. The Morgan fingerprint density at radius 3 is 2.68 bits per heavy atom. The van der Waals surface area contributed by atoms with Crippen LogP contribution in [-0.4, -0.2) is 52.9 Å². The van der Waals surface area contributed by atoms with E-state index in [0.717, 1.165) is 10.0 Å². The minimum absolute atomic E-state index is 0.0622. The zero-order valence-corrected chi connectivity index (χ0v) is 17.9. The van der Waals surface area contributed by atoms with Crippen molar-refractivity contribution < 1.29 is 14.3 Å². The summed E-state index contributed by atoms with van der Waals surface area (Å²) < 4.78 is 5.54. The molecule has 1 N–H and O–H groups in total. The van der Waals surface area contributed by atoms with Gasteiger partial charge in [0.25, 0.3) is 0 Å². The number of nitrogens with zero attached hydrogens (tertiary/aromatic N) is 3. The zero-order valence-electron chi connectivity index (χ0n) is 16.2. The summed E-state index contributed by atoms with van der Waals surface area (Å²) in [5.41, 5.74) is 3.43. The molecule has 150 valence electrons. The smallest absolute Gasteiger partial charge is 0.308 e. The molecule has 1 aliphatic heterocycles. The fourth-order valence-electron chi connectivity index (χ4n) is 3.01. The molecule has 9 heteroatoms. The van der Waals surface area contributed by atoms with Crippen LogP contribution in [0.25, 0.3) is 0 Å². The maximum absolute atomic E-state index is 12.4. The molecule has 28 heavy (non-hydrogen) atoms. The highest BCUT2D eigenvalue weighted by Crippen LogP contribution is 2.29. The maximum atomic E-state index is 12.4. The number of carbonyl (C=O) groups excluding carboxylic acids is 2. The van der Waals surface area contributed by atoms with Crippen LogP contribution in [0.2, 0.25) is 0 Å². The third-order valence-electron chi connectivity index (χ3n) is 4.87. The van der Waals surface area contributed by atoms with Gasteiger partial charge in [0.1, 0.15) is 0 Å². The zero-order chi connectivity index (χ0) is 20.1. The number of rotatable bonds is 6.